The molecule has 0 rings (SSSR count). The lowest BCUT2D eigenvalue weighted by Crippen LogP contribution is -2.52. The van der Waals surface area contributed by atoms with Crippen LogP contribution in [0.25, 0.3) is 0 Å². The van der Waals surface area contributed by atoms with E-state index in [0.29, 0.717) is 0 Å². The molecule has 0 heterocycles. The summed E-state index contributed by atoms with van der Waals surface area (Å²) in [5.74, 6) is 0. The van der Waals surface area contributed by atoms with E-state index in [9.17, 15) is 5.11 Å². The molecule has 0 aliphatic carbocycles. The van der Waals surface area contributed by atoms with Crippen LogP contribution in [0.3, 0.4) is 0 Å². The molecule has 0 aliphatic rings. The summed E-state index contributed by atoms with van der Waals surface area (Å²) in [5.41, 5.74) is -0.694. The standard InChI is InChI=1S/C11H24O.H3P/c1-8-11(12,9(2,3)4)10(5,6)7;/h12H,8H2,1-7H3;1H3. The second-order valence-electron chi connectivity index (χ2n) is 5.71. The average molecular weight is 206 g/mol. The molecule has 0 radical (unpaired) electrons. The largest absolute Gasteiger partial charge is 0.389 e. The predicted molar refractivity (Wildman–Crippen MR) is 65.3 cm³/mol. The minimum absolute atomic E-state index is 0. The third-order valence-electron chi connectivity index (χ3n) is 2.99. The molecule has 0 bridgehead atoms. The highest BCUT2D eigenvalue weighted by molar-refractivity contribution is 6.92. The summed E-state index contributed by atoms with van der Waals surface area (Å²) in [5, 5.41) is 10.5. The van der Waals surface area contributed by atoms with Crippen molar-refractivity contribution in [2.24, 2.45) is 10.8 Å². The lowest BCUT2D eigenvalue weighted by molar-refractivity contribution is -0.139. The van der Waals surface area contributed by atoms with E-state index in [1.807, 2.05) is 0 Å². The lowest BCUT2D eigenvalue weighted by atomic mass is 9.61. The SMILES string of the molecule is CCC(O)(C(C)(C)C)C(C)(C)C.P. The van der Waals surface area contributed by atoms with Crippen molar-refractivity contribution in [3.63, 3.8) is 0 Å². The van der Waals surface area contributed by atoms with E-state index in [0.717, 1.165) is 6.42 Å². The van der Waals surface area contributed by atoms with Crippen molar-refractivity contribution in [1.29, 1.82) is 0 Å². The maximum absolute atomic E-state index is 10.5. The molecule has 1 atom stereocenters. The molecule has 1 nitrogen and oxygen atoms in total. The highest BCUT2D eigenvalue weighted by Gasteiger charge is 2.47. The number of hydrogen-bond donors (Lipinski definition) is 1. The molecule has 0 aromatic rings. The fraction of sp³-hybridized carbons (Fsp3) is 1.00. The predicted octanol–water partition coefficient (Wildman–Crippen LogP) is 3.28. The third kappa shape index (κ3) is 2.92. The van der Waals surface area contributed by atoms with Gasteiger partial charge in [-0.2, -0.15) is 9.90 Å². The first-order valence-corrected chi connectivity index (χ1v) is 4.78. The van der Waals surface area contributed by atoms with Crippen molar-refractivity contribution in [1.82, 2.24) is 0 Å². The van der Waals surface area contributed by atoms with E-state index in [1.165, 1.54) is 0 Å². The van der Waals surface area contributed by atoms with Gasteiger partial charge in [0.15, 0.2) is 0 Å². The van der Waals surface area contributed by atoms with E-state index in [1.54, 1.807) is 0 Å². The molecular weight excluding hydrogens is 179 g/mol. The Morgan fingerprint density at radius 2 is 1.08 bits per heavy atom. The molecule has 0 fully saturated rings. The van der Waals surface area contributed by atoms with Crippen LogP contribution in [0.2, 0.25) is 0 Å². The molecule has 1 N–H and O–H groups in total. The van der Waals surface area contributed by atoms with Gasteiger partial charge in [-0.05, 0) is 17.3 Å². The molecule has 1 unspecified atom stereocenters. The first-order valence-electron chi connectivity index (χ1n) is 4.78. The summed E-state index contributed by atoms with van der Waals surface area (Å²) in [6.45, 7) is 14.6. The van der Waals surface area contributed by atoms with Crippen LogP contribution in [0.5, 0.6) is 0 Å². The molecule has 82 valence electrons. The van der Waals surface area contributed by atoms with Crippen LogP contribution in [0.1, 0.15) is 54.9 Å². The van der Waals surface area contributed by atoms with Crippen LogP contribution in [0.4, 0.5) is 0 Å². The van der Waals surface area contributed by atoms with Crippen molar-refractivity contribution in [2.75, 3.05) is 0 Å². The Labute approximate surface area is 86.9 Å². The summed E-state index contributed by atoms with van der Waals surface area (Å²) in [7, 11) is 0. The van der Waals surface area contributed by atoms with Gasteiger partial charge in [0, 0.05) is 0 Å². The van der Waals surface area contributed by atoms with E-state index >= 15 is 0 Å². The van der Waals surface area contributed by atoms with Crippen molar-refractivity contribution in [2.45, 2.75) is 60.5 Å². The summed E-state index contributed by atoms with van der Waals surface area (Å²) >= 11 is 0. The zero-order valence-electron chi connectivity index (χ0n) is 10.4. The molecule has 0 saturated carbocycles. The van der Waals surface area contributed by atoms with Gasteiger partial charge in [0.1, 0.15) is 0 Å². The molecule has 2 heteroatoms. The minimum atomic E-state index is -0.583. The van der Waals surface area contributed by atoms with Crippen LogP contribution in [-0.4, -0.2) is 10.7 Å². The van der Waals surface area contributed by atoms with E-state index in [2.05, 4.69) is 48.5 Å². The Kier molecular flexibility index (Phi) is 5.21. The smallest absolute Gasteiger partial charge is 0.0741 e. The number of rotatable bonds is 1. The molecular formula is C11H27OP. The van der Waals surface area contributed by atoms with Crippen LogP contribution in [0, 0.1) is 10.8 Å². The van der Waals surface area contributed by atoms with Crippen LogP contribution < -0.4 is 0 Å². The highest BCUT2D eigenvalue weighted by Crippen LogP contribution is 2.45. The summed E-state index contributed by atoms with van der Waals surface area (Å²) in [6, 6.07) is 0. The molecule has 0 amide bonds. The minimum Gasteiger partial charge on any atom is -0.389 e. The molecule has 0 aromatic carbocycles. The molecule has 13 heavy (non-hydrogen) atoms. The molecule has 0 saturated heterocycles. The van der Waals surface area contributed by atoms with Gasteiger partial charge < -0.3 is 5.11 Å². The Morgan fingerprint density at radius 1 is 0.846 bits per heavy atom. The Morgan fingerprint density at radius 3 is 1.08 bits per heavy atom. The first-order chi connectivity index (χ1) is 5.06. The maximum Gasteiger partial charge on any atom is 0.0741 e. The van der Waals surface area contributed by atoms with Gasteiger partial charge in [0.2, 0.25) is 0 Å². The summed E-state index contributed by atoms with van der Waals surface area (Å²) in [6.07, 6.45) is 0.806. The second kappa shape index (κ2) is 4.28. The Bertz CT molecular complexity index is 136. The van der Waals surface area contributed by atoms with E-state index in [-0.39, 0.29) is 20.7 Å². The maximum atomic E-state index is 10.5. The van der Waals surface area contributed by atoms with Crippen molar-refractivity contribution >= 4 is 9.90 Å². The zero-order chi connectivity index (χ0) is 10.2. The highest BCUT2D eigenvalue weighted by atomic mass is 31.0. The van der Waals surface area contributed by atoms with Crippen molar-refractivity contribution < 1.29 is 5.11 Å². The van der Waals surface area contributed by atoms with Crippen LogP contribution in [-0.2, 0) is 0 Å². The van der Waals surface area contributed by atoms with E-state index < -0.39 is 5.60 Å². The Balaban J connectivity index is 0. The molecule has 0 aliphatic heterocycles. The fourth-order valence-electron chi connectivity index (χ4n) is 2.19. The van der Waals surface area contributed by atoms with Gasteiger partial charge in [0.25, 0.3) is 0 Å². The van der Waals surface area contributed by atoms with Gasteiger partial charge in [-0.25, -0.2) is 0 Å². The average Bonchev–Trinajstić information content (AvgIpc) is 1.81. The van der Waals surface area contributed by atoms with Gasteiger partial charge in [-0.15, -0.1) is 0 Å². The third-order valence-corrected chi connectivity index (χ3v) is 2.99. The molecule has 0 spiro atoms. The topological polar surface area (TPSA) is 20.2 Å². The van der Waals surface area contributed by atoms with Gasteiger partial charge in [-0.1, -0.05) is 48.5 Å². The summed E-state index contributed by atoms with van der Waals surface area (Å²) in [4.78, 5) is 0. The molecule has 0 aromatic heterocycles. The van der Waals surface area contributed by atoms with Gasteiger partial charge in [0.05, 0.1) is 5.60 Å². The summed E-state index contributed by atoms with van der Waals surface area (Å²) < 4.78 is 0. The second-order valence-corrected chi connectivity index (χ2v) is 5.71. The number of aliphatic hydroxyl groups is 1. The van der Waals surface area contributed by atoms with E-state index in [4.69, 9.17) is 0 Å². The van der Waals surface area contributed by atoms with Crippen molar-refractivity contribution in [3.05, 3.63) is 0 Å². The van der Waals surface area contributed by atoms with Crippen LogP contribution >= 0.6 is 9.90 Å². The number of hydrogen-bond acceptors (Lipinski definition) is 1. The Hall–Kier alpha value is 0.390. The first kappa shape index (κ1) is 15.8. The quantitative estimate of drug-likeness (QED) is 0.653. The van der Waals surface area contributed by atoms with Gasteiger partial charge in [-0.3, -0.25) is 0 Å². The van der Waals surface area contributed by atoms with Crippen LogP contribution in [0.15, 0.2) is 0 Å². The fourth-order valence-corrected chi connectivity index (χ4v) is 2.19. The monoisotopic (exact) mass is 206 g/mol. The zero-order valence-corrected chi connectivity index (χ0v) is 11.8. The normalized spacial score (nSPS) is 13.8. The van der Waals surface area contributed by atoms with Gasteiger partial charge >= 0.3 is 0 Å². The lowest BCUT2D eigenvalue weighted by Gasteiger charge is -2.49. The van der Waals surface area contributed by atoms with Crippen molar-refractivity contribution in [3.8, 4) is 0 Å².